The van der Waals surface area contributed by atoms with Crippen LogP contribution in [0, 0.1) is 17.8 Å². The molecule has 1 N–H and O–H groups in total. The summed E-state index contributed by atoms with van der Waals surface area (Å²) in [5.41, 5.74) is 0. The van der Waals surface area contributed by atoms with E-state index in [0.717, 1.165) is 6.54 Å². The van der Waals surface area contributed by atoms with Gasteiger partial charge in [-0.3, -0.25) is 10.1 Å². The molecule has 1 saturated heterocycles. The minimum atomic E-state index is -0.00431. The molecule has 1 heterocycles. The summed E-state index contributed by atoms with van der Waals surface area (Å²) >= 11 is 0. The van der Waals surface area contributed by atoms with E-state index in [1.54, 1.807) is 7.11 Å². The highest BCUT2D eigenvalue weighted by Crippen LogP contribution is 2.33. The summed E-state index contributed by atoms with van der Waals surface area (Å²) in [6, 6.07) is -0.00431. The van der Waals surface area contributed by atoms with Crippen LogP contribution in [0.2, 0.25) is 0 Å². The maximum absolute atomic E-state index is 12.7. The number of carbonyl (C=O) groups is 1. The van der Waals surface area contributed by atoms with E-state index in [4.69, 9.17) is 4.74 Å². The molecule has 3 atom stereocenters. The van der Waals surface area contributed by atoms with Crippen LogP contribution in [-0.4, -0.2) is 43.3 Å². The molecule has 4 nitrogen and oxygen atoms in total. The van der Waals surface area contributed by atoms with Crippen molar-refractivity contribution < 1.29 is 9.53 Å². The Morgan fingerprint density at radius 2 is 1.95 bits per heavy atom. The van der Waals surface area contributed by atoms with Crippen molar-refractivity contribution in [3.63, 3.8) is 0 Å². The molecule has 2 aliphatic rings. The van der Waals surface area contributed by atoms with Crippen molar-refractivity contribution in [2.24, 2.45) is 17.8 Å². The first-order valence-electron chi connectivity index (χ1n) is 8.10. The Kier molecular flexibility index (Phi) is 5.44. The van der Waals surface area contributed by atoms with Gasteiger partial charge in [0, 0.05) is 13.7 Å². The highest BCUT2D eigenvalue weighted by molar-refractivity contribution is 5.84. The van der Waals surface area contributed by atoms with Crippen LogP contribution in [0.5, 0.6) is 0 Å². The number of hydrogen-bond acceptors (Lipinski definition) is 3. The van der Waals surface area contributed by atoms with Crippen LogP contribution in [0.15, 0.2) is 0 Å². The Bertz CT molecular complexity index is 326. The molecule has 1 saturated carbocycles. The summed E-state index contributed by atoms with van der Waals surface area (Å²) in [7, 11) is 1.73. The third kappa shape index (κ3) is 3.34. The zero-order chi connectivity index (χ0) is 14.7. The molecule has 2 rings (SSSR count). The van der Waals surface area contributed by atoms with E-state index >= 15 is 0 Å². The van der Waals surface area contributed by atoms with E-state index in [-0.39, 0.29) is 12.2 Å². The number of methoxy groups -OCH3 is 1. The highest BCUT2D eigenvalue weighted by atomic mass is 16.5. The lowest BCUT2D eigenvalue weighted by molar-refractivity contribution is -0.132. The van der Waals surface area contributed by atoms with Crippen molar-refractivity contribution in [2.45, 2.75) is 58.7 Å². The van der Waals surface area contributed by atoms with Crippen LogP contribution in [0.25, 0.3) is 0 Å². The van der Waals surface area contributed by atoms with Gasteiger partial charge in [0.25, 0.3) is 0 Å². The van der Waals surface area contributed by atoms with Crippen LogP contribution in [0.1, 0.15) is 46.5 Å². The van der Waals surface area contributed by atoms with Crippen molar-refractivity contribution in [1.29, 1.82) is 0 Å². The SMILES string of the molecule is COCC(C)CN1C(=O)C(C(C)C)NC1C1CCCC1. The van der Waals surface area contributed by atoms with Gasteiger partial charge in [-0.05, 0) is 30.6 Å². The standard InChI is InChI=1S/C16H30N2O2/c1-11(2)14-16(19)18(9-12(3)10-20-4)15(17-14)13-7-5-6-8-13/h11-15,17H,5-10H2,1-4H3. The first-order valence-corrected chi connectivity index (χ1v) is 8.10. The van der Waals surface area contributed by atoms with Gasteiger partial charge in [-0.1, -0.05) is 33.6 Å². The van der Waals surface area contributed by atoms with Gasteiger partial charge in [-0.15, -0.1) is 0 Å². The van der Waals surface area contributed by atoms with Crippen LogP contribution < -0.4 is 5.32 Å². The average molecular weight is 282 g/mol. The minimum absolute atomic E-state index is 0.00431. The number of carbonyl (C=O) groups excluding carboxylic acids is 1. The smallest absolute Gasteiger partial charge is 0.241 e. The molecule has 1 amide bonds. The van der Waals surface area contributed by atoms with Crippen molar-refractivity contribution in [2.75, 3.05) is 20.3 Å². The van der Waals surface area contributed by atoms with Gasteiger partial charge in [0.2, 0.25) is 5.91 Å². The molecular weight excluding hydrogens is 252 g/mol. The van der Waals surface area contributed by atoms with Crippen molar-refractivity contribution in [3.05, 3.63) is 0 Å². The predicted molar refractivity (Wildman–Crippen MR) is 80.3 cm³/mol. The predicted octanol–water partition coefficient (Wildman–Crippen LogP) is 2.24. The monoisotopic (exact) mass is 282 g/mol. The summed E-state index contributed by atoms with van der Waals surface area (Å²) in [5, 5.41) is 3.62. The largest absolute Gasteiger partial charge is 0.384 e. The van der Waals surface area contributed by atoms with Crippen LogP contribution in [0.4, 0.5) is 0 Å². The first-order chi connectivity index (χ1) is 9.54. The molecule has 0 radical (unpaired) electrons. The van der Waals surface area contributed by atoms with Gasteiger partial charge in [-0.25, -0.2) is 0 Å². The molecule has 4 heteroatoms. The van der Waals surface area contributed by atoms with E-state index in [2.05, 4.69) is 31.0 Å². The summed E-state index contributed by atoms with van der Waals surface area (Å²) in [5.74, 6) is 1.67. The second-order valence-electron chi connectivity index (χ2n) is 6.93. The lowest BCUT2D eigenvalue weighted by atomic mass is 10.0. The van der Waals surface area contributed by atoms with Gasteiger partial charge < -0.3 is 9.64 Å². The van der Waals surface area contributed by atoms with Gasteiger partial charge in [0.15, 0.2) is 0 Å². The molecule has 0 aromatic rings. The Labute approximate surface area is 123 Å². The van der Waals surface area contributed by atoms with Crippen molar-refractivity contribution in [1.82, 2.24) is 10.2 Å². The van der Waals surface area contributed by atoms with E-state index in [1.165, 1.54) is 25.7 Å². The maximum atomic E-state index is 12.7. The zero-order valence-corrected chi connectivity index (χ0v) is 13.4. The molecule has 1 aliphatic heterocycles. The Balaban J connectivity index is 2.07. The van der Waals surface area contributed by atoms with Crippen molar-refractivity contribution in [3.8, 4) is 0 Å². The lowest BCUT2D eigenvalue weighted by Gasteiger charge is -2.31. The topological polar surface area (TPSA) is 41.6 Å². The van der Waals surface area contributed by atoms with Gasteiger partial charge in [0.05, 0.1) is 18.8 Å². The fourth-order valence-corrected chi connectivity index (χ4v) is 3.68. The number of amides is 1. The van der Waals surface area contributed by atoms with Gasteiger partial charge >= 0.3 is 0 Å². The molecule has 0 spiro atoms. The minimum Gasteiger partial charge on any atom is -0.384 e. The number of hydrogen-bond donors (Lipinski definition) is 1. The quantitative estimate of drug-likeness (QED) is 0.812. The third-order valence-electron chi connectivity index (χ3n) is 4.71. The molecule has 0 aromatic heterocycles. The number of rotatable bonds is 6. The van der Waals surface area contributed by atoms with Crippen LogP contribution in [0.3, 0.4) is 0 Å². The van der Waals surface area contributed by atoms with E-state index < -0.39 is 0 Å². The molecule has 0 aromatic carbocycles. The molecule has 20 heavy (non-hydrogen) atoms. The maximum Gasteiger partial charge on any atom is 0.241 e. The second kappa shape index (κ2) is 6.90. The Hall–Kier alpha value is -0.610. The molecule has 0 bridgehead atoms. The molecule has 1 aliphatic carbocycles. The van der Waals surface area contributed by atoms with Gasteiger partial charge in [-0.2, -0.15) is 0 Å². The number of nitrogens with zero attached hydrogens (tertiary/aromatic N) is 1. The summed E-state index contributed by atoms with van der Waals surface area (Å²) in [6.45, 7) is 7.94. The fraction of sp³-hybridized carbons (Fsp3) is 0.938. The fourth-order valence-electron chi connectivity index (χ4n) is 3.68. The highest BCUT2D eigenvalue weighted by Gasteiger charge is 2.44. The van der Waals surface area contributed by atoms with Crippen molar-refractivity contribution >= 4 is 5.91 Å². The van der Waals surface area contributed by atoms with E-state index in [9.17, 15) is 4.79 Å². The Morgan fingerprint density at radius 3 is 2.50 bits per heavy atom. The molecule has 3 unspecified atom stereocenters. The van der Waals surface area contributed by atoms with E-state index in [1.807, 2.05) is 0 Å². The number of ether oxygens (including phenoxy) is 1. The zero-order valence-electron chi connectivity index (χ0n) is 13.4. The summed E-state index contributed by atoms with van der Waals surface area (Å²) in [6.07, 6.45) is 5.38. The lowest BCUT2D eigenvalue weighted by Crippen LogP contribution is -2.45. The van der Waals surface area contributed by atoms with Gasteiger partial charge in [0.1, 0.15) is 0 Å². The van der Waals surface area contributed by atoms with Crippen LogP contribution in [-0.2, 0) is 9.53 Å². The molecule has 116 valence electrons. The Morgan fingerprint density at radius 1 is 1.30 bits per heavy atom. The van der Waals surface area contributed by atoms with Crippen LogP contribution >= 0.6 is 0 Å². The summed E-state index contributed by atoms with van der Waals surface area (Å²) in [4.78, 5) is 14.8. The third-order valence-corrected chi connectivity index (χ3v) is 4.71. The summed E-state index contributed by atoms with van der Waals surface area (Å²) < 4.78 is 5.23. The molecular formula is C16H30N2O2. The average Bonchev–Trinajstić information content (AvgIpc) is 2.99. The first kappa shape index (κ1) is 15.8. The van der Waals surface area contributed by atoms with E-state index in [0.29, 0.717) is 30.3 Å². The normalized spacial score (nSPS) is 29.6. The number of nitrogens with one attached hydrogen (secondary N) is 1. The second-order valence-corrected chi connectivity index (χ2v) is 6.93. The molecule has 2 fully saturated rings.